The number of nitrogens with one attached hydrogen (secondary N) is 1. The van der Waals surface area contributed by atoms with Crippen molar-refractivity contribution in [3.8, 4) is 11.5 Å². The third kappa shape index (κ3) is 4.16. The van der Waals surface area contributed by atoms with E-state index in [1.807, 2.05) is 0 Å². The number of ether oxygens (including phenoxy) is 2. The molecule has 1 N–H and O–H groups in total. The van der Waals surface area contributed by atoms with E-state index in [-0.39, 0.29) is 23.7 Å². The average Bonchev–Trinajstić information content (AvgIpc) is 3.24. The molecule has 11 heteroatoms. The number of hydrazone groups is 1. The summed E-state index contributed by atoms with van der Waals surface area (Å²) in [5, 5.41) is 24.7. The van der Waals surface area contributed by atoms with Gasteiger partial charge in [-0.3, -0.25) is 20.3 Å². The number of nitro groups is 1. The number of methoxy groups -OCH3 is 1. The molecule has 2 heterocycles. The summed E-state index contributed by atoms with van der Waals surface area (Å²) in [6, 6.07) is 11.2. The molecule has 0 bridgehead atoms. The summed E-state index contributed by atoms with van der Waals surface area (Å²) >= 11 is 1.18. The summed E-state index contributed by atoms with van der Waals surface area (Å²) in [6.45, 7) is 0.194. The Morgan fingerprint density at radius 1 is 1.23 bits per heavy atom. The molecule has 0 unspecified atom stereocenters. The molecule has 0 fully saturated rings. The fourth-order valence-electron chi connectivity index (χ4n) is 2.87. The molecule has 0 aromatic heterocycles. The summed E-state index contributed by atoms with van der Waals surface area (Å²) < 4.78 is 11.2. The maximum absolute atomic E-state index is 12.3. The highest BCUT2D eigenvalue weighted by molar-refractivity contribution is 8.25. The smallest absolute Gasteiger partial charge is 0.283 e. The number of aliphatic imine (C=N–C) groups is 1. The van der Waals surface area contributed by atoms with Crippen LogP contribution in [0.25, 0.3) is 6.08 Å². The summed E-state index contributed by atoms with van der Waals surface area (Å²) in [4.78, 5) is 26.5. The van der Waals surface area contributed by atoms with Gasteiger partial charge in [0.15, 0.2) is 22.5 Å². The molecule has 2 aromatic rings. The summed E-state index contributed by atoms with van der Waals surface area (Å²) in [6.07, 6.45) is 1.55. The van der Waals surface area contributed by atoms with Gasteiger partial charge < -0.3 is 9.47 Å². The number of carbonyl (C=O) groups is 1. The van der Waals surface area contributed by atoms with Crippen LogP contribution < -0.4 is 9.47 Å². The van der Waals surface area contributed by atoms with Crippen LogP contribution in [0.4, 0.5) is 5.69 Å². The molecule has 156 valence electrons. The van der Waals surface area contributed by atoms with Crippen molar-refractivity contribution in [3.05, 3.63) is 69.3 Å². The van der Waals surface area contributed by atoms with Crippen LogP contribution >= 0.6 is 11.8 Å². The van der Waals surface area contributed by atoms with Gasteiger partial charge in [-0.15, -0.1) is 0 Å². The zero-order valence-corrected chi connectivity index (χ0v) is 17.0. The zero-order chi connectivity index (χ0) is 22.0. The molecule has 2 aliphatic heterocycles. The Bertz CT molecular complexity index is 1170. The van der Waals surface area contributed by atoms with Gasteiger partial charge in [-0.05, 0) is 53.2 Å². The number of nitro benzene ring substituents is 1. The summed E-state index contributed by atoms with van der Waals surface area (Å²) in [5.74, 6) is 0.347. The highest BCUT2D eigenvalue weighted by Gasteiger charge is 2.32. The Kier molecular flexibility index (Phi) is 5.50. The Morgan fingerprint density at radius 2 is 2.00 bits per heavy atom. The highest BCUT2D eigenvalue weighted by Crippen LogP contribution is 2.31. The van der Waals surface area contributed by atoms with Crippen molar-refractivity contribution in [2.45, 2.75) is 6.61 Å². The second-order valence-corrected chi connectivity index (χ2v) is 7.19. The number of nitrogens with zero attached hydrogens (tertiary/aromatic N) is 4. The number of non-ortho nitro benzene ring substituents is 1. The fourth-order valence-corrected chi connectivity index (χ4v) is 3.48. The predicted molar refractivity (Wildman–Crippen MR) is 116 cm³/mol. The van der Waals surface area contributed by atoms with Gasteiger partial charge in [0.1, 0.15) is 6.61 Å². The third-order valence-corrected chi connectivity index (χ3v) is 5.11. The summed E-state index contributed by atoms with van der Waals surface area (Å²) in [5.41, 5.74) is 3.03. The first-order valence-corrected chi connectivity index (χ1v) is 9.81. The number of amides is 1. The van der Waals surface area contributed by atoms with Crippen LogP contribution in [-0.2, 0) is 11.4 Å². The quantitative estimate of drug-likeness (QED) is 0.416. The SMILES string of the molecule is COc1cc(C=C2C(=N)N3N=CSC3=NC2=O)ccc1OCc1ccc([N+](=O)[O-])cc1. The second-order valence-electron chi connectivity index (χ2n) is 6.38. The molecular weight excluding hydrogens is 422 g/mol. The van der Waals surface area contributed by atoms with Gasteiger partial charge in [0.25, 0.3) is 11.6 Å². The molecule has 2 aromatic carbocycles. The van der Waals surface area contributed by atoms with Crippen LogP contribution in [-0.4, -0.2) is 39.5 Å². The van der Waals surface area contributed by atoms with Crippen molar-refractivity contribution in [2.24, 2.45) is 10.1 Å². The lowest BCUT2D eigenvalue weighted by atomic mass is 10.1. The van der Waals surface area contributed by atoms with E-state index in [0.717, 1.165) is 5.56 Å². The normalized spacial score (nSPS) is 16.4. The number of carbonyl (C=O) groups excluding carboxylic acids is 1. The molecule has 4 rings (SSSR count). The number of thioether (sulfide) groups is 1. The Hall–Kier alpha value is -3.99. The fraction of sp³-hybridized carbons (Fsp3) is 0.100. The van der Waals surface area contributed by atoms with Crippen LogP contribution in [0.15, 0.2) is 58.1 Å². The first-order chi connectivity index (χ1) is 15.0. The molecule has 0 saturated carbocycles. The van der Waals surface area contributed by atoms with E-state index < -0.39 is 10.8 Å². The largest absolute Gasteiger partial charge is 0.493 e. The molecule has 0 atom stereocenters. The second kappa shape index (κ2) is 8.40. The van der Waals surface area contributed by atoms with Crippen LogP contribution in [0, 0.1) is 15.5 Å². The van der Waals surface area contributed by atoms with Gasteiger partial charge in [-0.1, -0.05) is 6.07 Å². The summed E-state index contributed by atoms with van der Waals surface area (Å²) in [7, 11) is 1.49. The topological polar surface area (TPSA) is 130 Å². The van der Waals surface area contributed by atoms with Crippen molar-refractivity contribution in [1.29, 1.82) is 5.41 Å². The maximum Gasteiger partial charge on any atom is 0.283 e. The van der Waals surface area contributed by atoms with Gasteiger partial charge in [-0.2, -0.15) is 15.1 Å². The van der Waals surface area contributed by atoms with Crippen LogP contribution in [0.2, 0.25) is 0 Å². The Labute approximate surface area is 180 Å². The molecule has 0 saturated heterocycles. The van der Waals surface area contributed by atoms with E-state index in [9.17, 15) is 14.9 Å². The van der Waals surface area contributed by atoms with E-state index in [0.29, 0.717) is 22.2 Å². The van der Waals surface area contributed by atoms with Crippen LogP contribution in [0.3, 0.4) is 0 Å². The van der Waals surface area contributed by atoms with Gasteiger partial charge in [-0.25, -0.2) is 0 Å². The number of hydrogen-bond acceptors (Lipinski definition) is 8. The predicted octanol–water partition coefficient (Wildman–Crippen LogP) is 3.43. The minimum Gasteiger partial charge on any atom is -0.493 e. The standard InChI is InChI=1S/C20H15N5O5S/c1-29-17-9-13(8-15-18(21)24-20(23-19(15)26)31-11-22-24)4-7-16(17)30-10-12-2-5-14(6-3-12)25(27)28/h2-9,11,21H,10H2,1H3. The number of benzene rings is 2. The van der Waals surface area contributed by atoms with Crippen molar-refractivity contribution >= 4 is 46.0 Å². The van der Waals surface area contributed by atoms with Crippen molar-refractivity contribution in [3.63, 3.8) is 0 Å². The number of amidine groups is 2. The van der Waals surface area contributed by atoms with E-state index >= 15 is 0 Å². The number of fused-ring (bicyclic) bond motifs is 1. The number of rotatable bonds is 6. The minimum absolute atomic E-state index is 0.0104. The molecule has 0 spiro atoms. The van der Waals surface area contributed by atoms with E-state index in [4.69, 9.17) is 14.9 Å². The molecule has 31 heavy (non-hydrogen) atoms. The van der Waals surface area contributed by atoms with Gasteiger partial charge >= 0.3 is 0 Å². The van der Waals surface area contributed by atoms with E-state index in [1.54, 1.807) is 36.4 Å². The number of hydrogen-bond donors (Lipinski definition) is 1. The van der Waals surface area contributed by atoms with E-state index in [2.05, 4.69) is 10.1 Å². The van der Waals surface area contributed by atoms with Gasteiger partial charge in [0, 0.05) is 12.1 Å². The Morgan fingerprint density at radius 3 is 2.71 bits per heavy atom. The van der Waals surface area contributed by atoms with Gasteiger partial charge in [0.05, 0.1) is 23.2 Å². The maximum atomic E-state index is 12.3. The highest BCUT2D eigenvalue weighted by atomic mass is 32.2. The van der Waals surface area contributed by atoms with Crippen molar-refractivity contribution in [2.75, 3.05) is 7.11 Å². The molecule has 0 radical (unpaired) electrons. The van der Waals surface area contributed by atoms with Crippen LogP contribution in [0.1, 0.15) is 11.1 Å². The lowest BCUT2D eigenvalue weighted by Crippen LogP contribution is -2.35. The average molecular weight is 437 g/mol. The molecule has 1 amide bonds. The van der Waals surface area contributed by atoms with E-state index in [1.165, 1.54) is 41.6 Å². The lowest BCUT2D eigenvalue weighted by Gasteiger charge is -2.20. The van der Waals surface area contributed by atoms with Crippen molar-refractivity contribution < 1.29 is 19.2 Å². The Balaban J connectivity index is 1.52. The molecule has 0 aliphatic carbocycles. The lowest BCUT2D eigenvalue weighted by molar-refractivity contribution is -0.384. The molecular formula is C20H15N5O5S. The third-order valence-electron chi connectivity index (χ3n) is 4.44. The first-order valence-electron chi connectivity index (χ1n) is 8.93. The van der Waals surface area contributed by atoms with Crippen molar-refractivity contribution in [1.82, 2.24) is 5.01 Å². The first kappa shape index (κ1) is 20.3. The minimum atomic E-state index is -0.508. The monoisotopic (exact) mass is 437 g/mol. The molecule has 2 aliphatic rings. The zero-order valence-electron chi connectivity index (χ0n) is 16.1. The molecule has 10 nitrogen and oxygen atoms in total. The van der Waals surface area contributed by atoms with Gasteiger partial charge in [0.2, 0.25) is 0 Å². The van der Waals surface area contributed by atoms with Crippen LogP contribution in [0.5, 0.6) is 11.5 Å².